The van der Waals surface area contributed by atoms with E-state index < -0.39 is 35.5 Å². The molecule has 1 amide bonds. The number of alkyl carbamates (subject to hydrolysis) is 1. The van der Waals surface area contributed by atoms with Crippen molar-refractivity contribution >= 4 is 56.5 Å². The summed E-state index contributed by atoms with van der Waals surface area (Å²) in [6.45, 7) is 4.94. The van der Waals surface area contributed by atoms with Gasteiger partial charge in [-0.25, -0.2) is 9.59 Å². The van der Waals surface area contributed by atoms with Crippen LogP contribution in [-0.4, -0.2) is 45.9 Å². The van der Waals surface area contributed by atoms with Crippen LogP contribution in [0.1, 0.15) is 54.2 Å². The Morgan fingerprint density at radius 3 is 2.37 bits per heavy atom. The van der Waals surface area contributed by atoms with E-state index in [1.165, 1.54) is 17.9 Å². The predicted octanol–water partition coefficient (Wildman–Crippen LogP) is 6.97. The van der Waals surface area contributed by atoms with Crippen LogP contribution in [0, 0.1) is 22.7 Å². The van der Waals surface area contributed by atoms with Crippen LogP contribution in [0.5, 0.6) is 5.75 Å². The van der Waals surface area contributed by atoms with Crippen LogP contribution in [0.15, 0.2) is 77.4 Å². The molecule has 0 aliphatic heterocycles. The third kappa shape index (κ3) is 7.63. The van der Waals surface area contributed by atoms with Gasteiger partial charge < -0.3 is 19.9 Å². The second kappa shape index (κ2) is 13.7. The number of aromatic nitrogens is 1. The number of benzene rings is 3. The Morgan fingerprint density at radius 2 is 1.76 bits per heavy atom. The average molecular weight is 684 g/mol. The van der Waals surface area contributed by atoms with E-state index in [0.29, 0.717) is 43.4 Å². The zero-order valence-corrected chi connectivity index (χ0v) is 27.2. The number of carboxylic acids is 1. The lowest BCUT2D eigenvalue weighted by Crippen LogP contribution is -2.58. The topological polar surface area (TPSA) is 154 Å². The summed E-state index contributed by atoms with van der Waals surface area (Å²) < 4.78 is 12.8. The molecule has 0 radical (unpaired) electrons. The maximum Gasteiger partial charge on any atom is 0.408 e. The summed E-state index contributed by atoms with van der Waals surface area (Å²) >= 11 is 3.46. The molecular weight excluding hydrogens is 652 g/mol. The number of carbonyl (C=O) groups excluding carboxylic acids is 2. The number of amides is 1. The molecule has 1 heterocycles. The quantitative estimate of drug-likeness (QED) is 0.179. The number of carbonyl (C=O) groups is 3. The van der Waals surface area contributed by atoms with Gasteiger partial charge in [0.25, 0.3) is 0 Å². The third-order valence-corrected chi connectivity index (χ3v) is 7.55. The molecule has 0 fully saturated rings. The first kappa shape index (κ1) is 33.5. The van der Waals surface area contributed by atoms with E-state index >= 15 is 0 Å². The van der Waals surface area contributed by atoms with Crippen LogP contribution < -0.4 is 10.1 Å². The summed E-state index contributed by atoms with van der Waals surface area (Å²) in [6, 6.07) is 22.9. The minimum atomic E-state index is -2.08. The van der Waals surface area contributed by atoms with Crippen molar-refractivity contribution in [2.75, 3.05) is 7.11 Å². The summed E-state index contributed by atoms with van der Waals surface area (Å²) in [4.78, 5) is 40.0. The molecule has 0 unspecified atom stereocenters. The van der Waals surface area contributed by atoms with Crippen LogP contribution in [0.4, 0.5) is 4.79 Å². The first-order chi connectivity index (χ1) is 21.8. The molecule has 3 aromatic carbocycles. The van der Waals surface area contributed by atoms with Crippen LogP contribution in [0.25, 0.3) is 22.6 Å². The number of rotatable bonds is 9. The number of ether oxygens (including phenoxy) is 2. The highest BCUT2D eigenvalue weighted by molar-refractivity contribution is 9.10. The normalized spacial score (nSPS) is 12.8. The number of aliphatic carboxylic acids is 1. The molecule has 1 atom stereocenters. The molecule has 0 aliphatic rings. The van der Waals surface area contributed by atoms with Crippen molar-refractivity contribution in [2.24, 2.45) is 0 Å². The first-order valence-corrected chi connectivity index (χ1v) is 14.9. The Bertz CT molecular complexity index is 1930. The zero-order valence-electron chi connectivity index (χ0n) is 25.6. The van der Waals surface area contributed by atoms with Gasteiger partial charge in [-0.3, -0.25) is 9.36 Å². The fourth-order valence-electron chi connectivity index (χ4n) is 5.01. The van der Waals surface area contributed by atoms with Gasteiger partial charge in [0, 0.05) is 33.6 Å². The summed E-state index contributed by atoms with van der Waals surface area (Å²) in [6.07, 6.45) is 1.20. The summed E-state index contributed by atoms with van der Waals surface area (Å²) in [5.41, 5.74) is -0.590. The van der Waals surface area contributed by atoms with E-state index in [0.717, 1.165) is 0 Å². The Kier molecular flexibility index (Phi) is 9.99. The maximum atomic E-state index is 14.1. The number of nitrogens with one attached hydrogen (secondary N) is 1. The number of allylic oxidation sites excluding steroid dienone is 1. The standard InChI is InChI=1S/C35H31BrN4O6/c1-34(2,3)46-33(44)39-35(32(42)43,17-22-8-6-5-7-9-22)18-31(41)40-21-28(27-16-26(36)11-12-29(27)40)25(20-38)15-24-14-23(19-37)10-13-30(24)45-4/h5-16,21H,17-18H2,1-4H3,(H,39,44)(H,42,43)/t35-/m1/s1. The monoisotopic (exact) mass is 682 g/mol. The number of hydrogen-bond donors (Lipinski definition) is 2. The molecule has 0 bridgehead atoms. The summed E-state index contributed by atoms with van der Waals surface area (Å²) in [7, 11) is 1.47. The number of nitriles is 2. The van der Waals surface area contributed by atoms with Gasteiger partial charge in [-0.15, -0.1) is 0 Å². The van der Waals surface area contributed by atoms with Crippen LogP contribution in [0.3, 0.4) is 0 Å². The molecule has 2 N–H and O–H groups in total. The molecule has 4 aromatic rings. The van der Waals surface area contributed by atoms with Gasteiger partial charge in [0.2, 0.25) is 5.91 Å². The number of fused-ring (bicyclic) bond motifs is 1. The lowest BCUT2D eigenvalue weighted by atomic mass is 9.87. The van der Waals surface area contributed by atoms with Gasteiger partial charge in [-0.05, 0) is 68.8 Å². The molecule has 11 heteroatoms. The van der Waals surface area contributed by atoms with Crippen molar-refractivity contribution in [3.05, 3.63) is 99.7 Å². The Balaban J connectivity index is 1.85. The second-order valence-corrected chi connectivity index (χ2v) is 12.5. The molecule has 1 aromatic heterocycles. The van der Waals surface area contributed by atoms with Crippen molar-refractivity contribution in [3.63, 3.8) is 0 Å². The van der Waals surface area contributed by atoms with Crippen molar-refractivity contribution in [1.82, 2.24) is 9.88 Å². The number of methoxy groups -OCH3 is 1. The van der Waals surface area contributed by atoms with Crippen molar-refractivity contribution in [1.29, 1.82) is 10.5 Å². The number of carboxylic acid groups (broad SMARTS) is 1. The lowest BCUT2D eigenvalue weighted by molar-refractivity contribution is -0.144. The maximum absolute atomic E-state index is 14.1. The number of halogens is 1. The minimum absolute atomic E-state index is 0.170. The molecule has 0 saturated carbocycles. The Hall–Kier alpha value is -5.39. The molecule has 234 valence electrons. The lowest BCUT2D eigenvalue weighted by Gasteiger charge is -2.31. The molecule has 4 rings (SSSR count). The number of nitrogens with zero attached hydrogens (tertiary/aromatic N) is 3. The highest BCUT2D eigenvalue weighted by atomic mass is 79.9. The highest BCUT2D eigenvalue weighted by Gasteiger charge is 2.44. The van der Waals surface area contributed by atoms with Crippen LogP contribution >= 0.6 is 15.9 Å². The van der Waals surface area contributed by atoms with Gasteiger partial charge in [0.05, 0.1) is 42.3 Å². The van der Waals surface area contributed by atoms with Crippen molar-refractivity contribution in [3.8, 4) is 17.9 Å². The first-order valence-electron chi connectivity index (χ1n) is 14.1. The predicted molar refractivity (Wildman–Crippen MR) is 176 cm³/mol. The third-order valence-electron chi connectivity index (χ3n) is 7.06. The summed E-state index contributed by atoms with van der Waals surface area (Å²) in [5, 5.41) is 33.2. The fourth-order valence-corrected chi connectivity index (χ4v) is 5.37. The fraction of sp³-hybridized carbons (Fsp3) is 0.229. The smallest absolute Gasteiger partial charge is 0.408 e. The van der Waals surface area contributed by atoms with Gasteiger partial charge in [0.1, 0.15) is 11.4 Å². The van der Waals surface area contributed by atoms with Crippen LogP contribution in [0.2, 0.25) is 0 Å². The minimum Gasteiger partial charge on any atom is -0.496 e. The van der Waals surface area contributed by atoms with Gasteiger partial charge >= 0.3 is 12.1 Å². The van der Waals surface area contributed by atoms with E-state index in [1.807, 2.05) is 0 Å². The molecule has 46 heavy (non-hydrogen) atoms. The SMILES string of the molecule is COc1ccc(C#N)cc1C=C(C#N)c1cn(C(=O)C[C@@](Cc2ccccc2)(NC(=O)OC(C)(C)C)C(=O)O)c2ccc(Br)cc12. The zero-order chi connectivity index (χ0) is 33.6. The van der Waals surface area contributed by atoms with E-state index in [9.17, 15) is 30.0 Å². The Morgan fingerprint density at radius 1 is 1.04 bits per heavy atom. The highest BCUT2D eigenvalue weighted by Crippen LogP contribution is 2.33. The average Bonchev–Trinajstić information content (AvgIpc) is 3.37. The van der Waals surface area contributed by atoms with E-state index in [-0.39, 0.29) is 12.0 Å². The summed E-state index contributed by atoms with van der Waals surface area (Å²) in [5.74, 6) is -1.63. The molecule has 0 spiro atoms. The molecule has 0 saturated heterocycles. The van der Waals surface area contributed by atoms with Crippen molar-refractivity contribution < 1.29 is 29.0 Å². The Labute approximate surface area is 274 Å². The molecule has 10 nitrogen and oxygen atoms in total. The second-order valence-electron chi connectivity index (χ2n) is 11.6. The van der Waals surface area contributed by atoms with Gasteiger partial charge in [-0.2, -0.15) is 10.5 Å². The largest absolute Gasteiger partial charge is 0.496 e. The van der Waals surface area contributed by atoms with Gasteiger partial charge in [0.15, 0.2) is 5.54 Å². The van der Waals surface area contributed by atoms with Crippen LogP contribution in [-0.2, 0) is 16.0 Å². The van der Waals surface area contributed by atoms with Gasteiger partial charge in [-0.1, -0.05) is 46.3 Å². The van der Waals surface area contributed by atoms with Crippen molar-refractivity contribution in [2.45, 2.75) is 44.8 Å². The van der Waals surface area contributed by atoms with E-state index in [2.05, 4.69) is 33.4 Å². The molecular formula is C35H31BrN4O6. The van der Waals surface area contributed by atoms with E-state index in [1.54, 1.807) is 93.6 Å². The molecule has 0 aliphatic carbocycles. The number of hydrogen-bond acceptors (Lipinski definition) is 7. The van der Waals surface area contributed by atoms with E-state index in [4.69, 9.17) is 9.47 Å².